The molecule has 0 unspecified atom stereocenters. The van der Waals surface area contributed by atoms with Crippen molar-refractivity contribution in [1.29, 1.82) is 0 Å². The molecule has 6 heteroatoms. The second kappa shape index (κ2) is 7.53. The van der Waals surface area contributed by atoms with Crippen LogP contribution in [0.2, 0.25) is 0 Å². The van der Waals surface area contributed by atoms with E-state index in [1.54, 1.807) is 13.3 Å². The minimum atomic E-state index is -0.232. The Morgan fingerprint density at radius 2 is 1.96 bits per heavy atom. The molecule has 25 heavy (non-hydrogen) atoms. The number of nitrogens with one attached hydrogen (secondary N) is 1. The molecule has 0 atom stereocenters. The fourth-order valence-electron chi connectivity index (χ4n) is 2.94. The number of benzene rings is 1. The van der Waals surface area contributed by atoms with Crippen molar-refractivity contribution in [1.82, 2.24) is 4.98 Å². The Bertz CT molecular complexity index is 771. The van der Waals surface area contributed by atoms with Gasteiger partial charge in [0, 0.05) is 36.7 Å². The molecule has 1 aromatic heterocycles. The standard InChI is InChI=1S/C19H23N3O3/c1-13-10-14(2)18(24-3)12-16(13)21-19(23)17-11-15(4-5-20-17)22-6-8-25-9-7-22/h4-5,10-12H,6-9H2,1-3H3,(H,21,23). The Labute approximate surface area is 147 Å². The van der Waals surface area contributed by atoms with Crippen molar-refractivity contribution >= 4 is 17.3 Å². The number of hydrogen-bond acceptors (Lipinski definition) is 5. The minimum Gasteiger partial charge on any atom is -0.496 e. The first-order valence-electron chi connectivity index (χ1n) is 8.34. The minimum absolute atomic E-state index is 0.232. The van der Waals surface area contributed by atoms with Gasteiger partial charge in [-0.25, -0.2) is 0 Å². The highest BCUT2D eigenvalue weighted by atomic mass is 16.5. The predicted octanol–water partition coefficient (Wildman–Crippen LogP) is 2.80. The molecule has 1 N–H and O–H groups in total. The number of aromatic nitrogens is 1. The van der Waals surface area contributed by atoms with E-state index in [1.165, 1.54) is 0 Å². The van der Waals surface area contributed by atoms with E-state index < -0.39 is 0 Å². The Morgan fingerprint density at radius 3 is 2.68 bits per heavy atom. The molecule has 1 fully saturated rings. The van der Waals surface area contributed by atoms with Gasteiger partial charge in [-0.1, -0.05) is 6.07 Å². The number of aryl methyl sites for hydroxylation is 2. The van der Waals surface area contributed by atoms with Gasteiger partial charge in [0.2, 0.25) is 0 Å². The SMILES string of the molecule is COc1cc(NC(=O)c2cc(N3CCOCC3)ccn2)c(C)cc1C. The summed E-state index contributed by atoms with van der Waals surface area (Å²) in [5, 5.41) is 2.93. The van der Waals surface area contributed by atoms with Crippen LogP contribution in [-0.4, -0.2) is 44.3 Å². The molecule has 0 radical (unpaired) electrons. The highest BCUT2D eigenvalue weighted by Gasteiger charge is 2.15. The van der Waals surface area contributed by atoms with Gasteiger partial charge in [-0.15, -0.1) is 0 Å². The zero-order chi connectivity index (χ0) is 17.8. The molecule has 1 saturated heterocycles. The van der Waals surface area contributed by atoms with Crippen LogP contribution in [-0.2, 0) is 4.74 Å². The second-order valence-corrected chi connectivity index (χ2v) is 6.09. The van der Waals surface area contributed by atoms with Gasteiger partial charge in [-0.05, 0) is 37.1 Å². The molecule has 6 nitrogen and oxygen atoms in total. The molecule has 3 rings (SSSR count). The van der Waals surface area contributed by atoms with Gasteiger partial charge in [0.05, 0.1) is 20.3 Å². The summed E-state index contributed by atoms with van der Waals surface area (Å²) in [6, 6.07) is 7.57. The van der Waals surface area contributed by atoms with E-state index in [-0.39, 0.29) is 5.91 Å². The lowest BCUT2D eigenvalue weighted by molar-refractivity contribution is 0.102. The lowest BCUT2D eigenvalue weighted by atomic mass is 10.1. The van der Waals surface area contributed by atoms with E-state index in [1.807, 2.05) is 38.1 Å². The van der Waals surface area contributed by atoms with Crippen LogP contribution in [0, 0.1) is 13.8 Å². The van der Waals surface area contributed by atoms with Gasteiger partial charge in [0.25, 0.3) is 5.91 Å². The molecule has 1 aliphatic heterocycles. The van der Waals surface area contributed by atoms with Gasteiger partial charge in [-0.3, -0.25) is 9.78 Å². The largest absolute Gasteiger partial charge is 0.496 e. The average molecular weight is 341 g/mol. The zero-order valence-corrected chi connectivity index (χ0v) is 14.8. The predicted molar refractivity (Wildman–Crippen MR) is 97.7 cm³/mol. The molecule has 132 valence electrons. The normalized spacial score (nSPS) is 14.3. The molecular formula is C19H23N3O3. The zero-order valence-electron chi connectivity index (χ0n) is 14.8. The highest BCUT2D eigenvalue weighted by molar-refractivity contribution is 6.03. The maximum absolute atomic E-state index is 12.6. The summed E-state index contributed by atoms with van der Waals surface area (Å²) in [7, 11) is 1.62. The molecule has 0 spiro atoms. The number of amides is 1. The van der Waals surface area contributed by atoms with Crippen LogP contribution in [0.4, 0.5) is 11.4 Å². The van der Waals surface area contributed by atoms with Crippen molar-refractivity contribution in [2.24, 2.45) is 0 Å². The second-order valence-electron chi connectivity index (χ2n) is 6.09. The number of ether oxygens (including phenoxy) is 2. The van der Waals surface area contributed by atoms with Crippen molar-refractivity contribution in [3.63, 3.8) is 0 Å². The van der Waals surface area contributed by atoms with Crippen molar-refractivity contribution in [2.75, 3.05) is 43.6 Å². The fourth-order valence-corrected chi connectivity index (χ4v) is 2.94. The monoisotopic (exact) mass is 341 g/mol. The topological polar surface area (TPSA) is 63.7 Å². The summed E-state index contributed by atoms with van der Waals surface area (Å²) >= 11 is 0. The van der Waals surface area contributed by atoms with E-state index in [0.717, 1.165) is 41.3 Å². The summed E-state index contributed by atoms with van der Waals surface area (Å²) in [6.07, 6.45) is 1.67. The van der Waals surface area contributed by atoms with Gasteiger partial charge in [0.1, 0.15) is 11.4 Å². The number of carbonyl (C=O) groups excluding carboxylic acids is 1. The Kier molecular flexibility index (Phi) is 5.19. The third-order valence-electron chi connectivity index (χ3n) is 4.34. The number of nitrogens with zero attached hydrogens (tertiary/aromatic N) is 2. The average Bonchev–Trinajstić information content (AvgIpc) is 2.64. The molecule has 2 heterocycles. The first kappa shape index (κ1) is 17.2. The van der Waals surface area contributed by atoms with Crippen LogP contribution in [0.15, 0.2) is 30.5 Å². The molecule has 1 amide bonds. The van der Waals surface area contributed by atoms with Crippen LogP contribution < -0.4 is 15.0 Å². The summed E-state index contributed by atoms with van der Waals surface area (Å²) in [4.78, 5) is 19.0. The number of methoxy groups -OCH3 is 1. The van der Waals surface area contributed by atoms with E-state index in [4.69, 9.17) is 9.47 Å². The third-order valence-corrected chi connectivity index (χ3v) is 4.34. The van der Waals surface area contributed by atoms with Gasteiger partial charge in [-0.2, -0.15) is 0 Å². The number of hydrogen-bond donors (Lipinski definition) is 1. The fraction of sp³-hybridized carbons (Fsp3) is 0.368. The maximum atomic E-state index is 12.6. The maximum Gasteiger partial charge on any atom is 0.274 e. The molecule has 2 aromatic rings. The van der Waals surface area contributed by atoms with Gasteiger partial charge in [0.15, 0.2) is 0 Å². The van der Waals surface area contributed by atoms with Crippen LogP contribution in [0.3, 0.4) is 0 Å². The quantitative estimate of drug-likeness (QED) is 0.926. The van der Waals surface area contributed by atoms with Crippen LogP contribution in [0.1, 0.15) is 21.6 Å². The Balaban J connectivity index is 1.79. The summed E-state index contributed by atoms with van der Waals surface area (Å²) in [6.45, 7) is 6.97. The van der Waals surface area contributed by atoms with Gasteiger partial charge < -0.3 is 19.7 Å². The van der Waals surface area contributed by atoms with Crippen molar-refractivity contribution in [3.05, 3.63) is 47.3 Å². The number of rotatable bonds is 4. The van der Waals surface area contributed by atoms with Crippen molar-refractivity contribution < 1.29 is 14.3 Å². The van der Waals surface area contributed by atoms with Gasteiger partial charge >= 0.3 is 0 Å². The number of pyridine rings is 1. The molecule has 1 aliphatic rings. The summed E-state index contributed by atoms with van der Waals surface area (Å²) < 4.78 is 10.7. The van der Waals surface area contributed by atoms with E-state index in [9.17, 15) is 4.79 Å². The molecule has 0 bridgehead atoms. The van der Waals surface area contributed by atoms with Crippen LogP contribution in [0.5, 0.6) is 5.75 Å². The van der Waals surface area contributed by atoms with E-state index >= 15 is 0 Å². The number of carbonyl (C=O) groups is 1. The lowest BCUT2D eigenvalue weighted by Gasteiger charge is -2.28. The third kappa shape index (κ3) is 3.91. The summed E-state index contributed by atoms with van der Waals surface area (Å²) in [5.41, 5.74) is 4.12. The Hall–Kier alpha value is -2.60. The Morgan fingerprint density at radius 1 is 1.20 bits per heavy atom. The first-order chi connectivity index (χ1) is 12.1. The molecular weight excluding hydrogens is 318 g/mol. The molecule has 0 aliphatic carbocycles. The number of anilines is 2. The highest BCUT2D eigenvalue weighted by Crippen LogP contribution is 2.26. The van der Waals surface area contributed by atoms with Crippen LogP contribution in [0.25, 0.3) is 0 Å². The van der Waals surface area contributed by atoms with E-state index in [2.05, 4.69) is 15.2 Å². The molecule has 1 aromatic carbocycles. The van der Waals surface area contributed by atoms with E-state index in [0.29, 0.717) is 18.9 Å². The number of morpholine rings is 1. The van der Waals surface area contributed by atoms with Crippen LogP contribution >= 0.6 is 0 Å². The molecule has 0 saturated carbocycles. The van der Waals surface area contributed by atoms with Crippen molar-refractivity contribution in [2.45, 2.75) is 13.8 Å². The smallest absolute Gasteiger partial charge is 0.274 e. The first-order valence-corrected chi connectivity index (χ1v) is 8.34. The summed E-state index contributed by atoms with van der Waals surface area (Å²) in [5.74, 6) is 0.514. The lowest BCUT2D eigenvalue weighted by Crippen LogP contribution is -2.36. The van der Waals surface area contributed by atoms with Crippen molar-refractivity contribution in [3.8, 4) is 5.75 Å².